The lowest BCUT2D eigenvalue weighted by molar-refractivity contribution is 0.0600. The van der Waals surface area contributed by atoms with Gasteiger partial charge in [0.2, 0.25) is 9.84 Å². The molecule has 0 aliphatic rings. The molecule has 0 N–H and O–H groups in total. The van der Waals surface area contributed by atoms with Gasteiger partial charge in [0.1, 0.15) is 0 Å². The Labute approximate surface area is 168 Å². The highest BCUT2D eigenvalue weighted by Gasteiger charge is 2.24. The first-order valence-corrected chi connectivity index (χ1v) is 10.4. The van der Waals surface area contributed by atoms with E-state index in [1.807, 2.05) is 24.3 Å². The van der Waals surface area contributed by atoms with Crippen LogP contribution in [0.2, 0.25) is 0 Å². The van der Waals surface area contributed by atoms with Crippen LogP contribution in [0.1, 0.15) is 10.4 Å². The fraction of sp³-hybridized carbons (Fsp3) is 0.0435. The highest BCUT2D eigenvalue weighted by Crippen LogP contribution is 2.36. The molecule has 0 aliphatic carbocycles. The van der Waals surface area contributed by atoms with E-state index in [-0.39, 0.29) is 9.79 Å². The van der Waals surface area contributed by atoms with Crippen LogP contribution in [0.3, 0.4) is 0 Å². The molecule has 0 saturated heterocycles. The van der Waals surface area contributed by atoms with Gasteiger partial charge in [-0.2, -0.15) is 0 Å². The Kier molecular flexibility index (Phi) is 4.86. The fourth-order valence-corrected chi connectivity index (χ4v) is 4.70. The molecule has 0 radical (unpaired) electrons. The minimum atomic E-state index is -3.79. The summed E-state index contributed by atoms with van der Waals surface area (Å²) in [5.41, 5.74) is 2.30. The van der Waals surface area contributed by atoms with Crippen LogP contribution in [0.25, 0.3) is 22.0 Å². The first-order chi connectivity index (χ1) is 14.0. The van der Waals surface area contributed by atoms with Crippen molar-refractivity contribution in [3.8, 4) is 11.1 Å². The number of carbonyl (C=O) groups excluding carboxylic acids is 1. The molecule has 0 spiro atoms. The Balaban J connectivity index is 1.99. The number of fused-ring (bicyclic) bond motifs is 1. The minimum absolute atomic E-state index is 0.119. The smallest absolute Gasteiger partial charge is 0.337 e. The van der Waals surface area contributed by atoms with E-state index in [0.717, 1.165) is 5.39 Å². The van der Waals surface area contributed by atoms with Crippen LogP contribution in [-0.2, 0) is 14.6 Å². The van der Waals surface area contributed by atoms with Gasteiger partial charge < -0.3 is 4.74 Å². The predicted octanol–water partition coefficient (Wildman–Crippen LogP) is 4.52. The zero-order valence-corrected chi connectivity index (χ0v) is 16.4. The number of nitrogens with zero attached hydrogens (tertiary/aromatic N) is 1. The number of carbonyl (C=O) groups is 1. The number of methoxy groups -OCH3 is 1. The number of pyridine rings is 1. The Hall–Kier alpha value is -3.51. The van der Waals surface area contributed by atoms with Gasteiger partial charge in [-0.15, -0.1) is 0 Å². The van der Waals surface area contributed by atoms with Crippen molar-refractivity contribution in [2.45, 2.75) is 9.79 Å². The van der Waals surface area contributed by atoms with Crippen molar-refractivity contribution in [3.63, 3.8) is 0 Å². The number of aromatic nitrogens is 1. The molecule has 0 atom stereocenters. The average molecular weight is 403 g/mol. The molecule has 5 nitrogen and oxygen atoms in total. The number of hydrogen-bond donors (Lipinski definition) is 0. The number of sulfone groups is 1. The number of hydrogen-bond acceptors (Lipinski definition) is 5. The monoisotopic (exact) mass is 403 g/mol. The maximum atomic E-state index is 13.4. The zero-order valence-electron chi connectivity index (χ0n) is 15.6. The molecule has 4 aromatic rings. The summed E-state index contributed by atoms with van der Waals surface area (Å²) in [5, 5.41) is 0.718. The van der Waals surface area contributed by atoms with Crippen LogP contribution in [0.15, 0.2) is 94.9 Å². The standard InChI is InChI=1S/C23H17NO4S/c1-28-23(25)17-13-11-16(12-14-17)22-19-9-5-6-10-20(19)24-15-21(22)29(26,27)18-7-3-2-4-8-18/h2-15H,1H3. The molecule has 0 fully saturated rings. The molecule has 0 bridgehead atoms. The molecule has 29 heavy (non-hydrogen) atoms. The molecule has 0 saturated carbocycles. The summed E-state index contributed by atoms with van der Waals surface area (Å²) < 4.78 is 31.5. The summed E-state index contributed by atoms with van der Waals surface area (Å²) in [4.78, 5) is 16.4. The van der Waals surface area contributed by atoms with E-state index >= 15 is 0 Å². The molecule has 0 amide bonds. The van der Waals surface area contributed by atoms with E-state index < -0.39 is 15.8 Å². The van der Waals surface area contributed by atoms with Crippen LogP contribution in [-0.4, -0.2) is 26.5 Å². The highest BCUT2D eigenvalue weighted by molar-refractivity contribution is 7.91. The summed E-state index contributed by atoms with van der Waals surface area (Å²) in [6, 6.07) is 22.3. The Morgan fingerprint density at radius 1 is 0.862 bits per heavy atom. The van der Waals surface area contributed by atoms with Crippen LogP contribution < -0.4 is 0 Å². The van der Waals surface area contributed by atoms with Gasteiger partial charge in [0.25, 0.3) is 0 Å². The number of ether oxygens (including phenoxy) is 1. The van der Waals surface area contributed by atoms with Gasteiger partial charge in [0, 0.05) is 17.1 Å². The lowest BCUT2D eigenvalue weighted by Gasteiger charge is -2.14. The normalized spacial score (nSPS) is 11.3. The van der Waals surface area contributed by atoms with Crippen LogP contribution in [0.4, 0.5) is 0 Å². The van der Waals surface area contributed by atoms with Gasteiger partial charge >= 0.3 is 5.97 Å². The van der Waals surface area contributed by atoms with E-state index in [2.05, 4.69) is 4.98 Å². The van der Waals surface area contributed by atoms with Crippen molar-refractivity contribution < 1.29 is 17.9 Å². The fourth-order valence-electron chi connectivity index (χ4n) is 3.24. The van der Waals surface area contributed by atoms with E-state index in [9.17, 15) is 13.2 Å². The number of rotatable bonds is 4. The summed E-state index contributed by atoms with van der Waals surface area (Å²) in [6.07, 6.45) is 1.40. The van der Waals surface area contributed by atoms with Crippen LogP contribution in [0.5, 0.6) is 0 Å². The Bertz CT molecular complexity index is 1300. The van der Waals surface area contributed by atoms with E-state index in [1.165, 1.54) is 13.3 Å². The summed E-state index contributed by atoms with van der Waals surface area (Å²) in [5.74, 6) is -0.451. The SMILES string of the molecule is COC(=O)c1ccc(-c2c(S(=O)(=O)c3ccccc3)cnc3ccccc23)cc1. The lowest BCUT2D eigenvalue weighted by Crippen LogP contribution is -2.06. The first-order valence-electron chi connectivity index (χ1n) is 8.89. The molecule has 4 rings (SSSR count). The Morgan fingerprint density at radius 2 is 1.52 bits per heavy atom. The zero-order chi connectivity index (χ0) is 20.4. The van der Waals surface area contributed by atoms with Gasteiger partial charge in [-0.3, -0.25) is 4.98 Å². The van der Waals surface area contributed by atoms with E-state index in [0.29, 0.717) is 22.2 Å². The second-order valence-electron chi connectivity index (χ2n) is 6.40. The maximum absolute atomic E-state index is 13.4. The van der Waals surface area contributed by atoms with Gasteiger partial charge in [-0.1, -0.05) is 48.5 Å². The van der Waals surface area contributed by atoms with Gasteiger partial charge in [0.05, 0.1) is 28.0 Å². The molecule has 144 valence electrons. The molecular formula is C23H17NO4S. The molecule has 0 aliphatic heterocycles. The largest absolute Gasteiger partial charge is 0.465 e. The van der Waals surface area contributed by atoms with Crippen molar-refractivity contribution in [1.29, 1.82) is 0 Å². The average Bonchev–Trinajstić information content (AvgIpc) is 2.78. The van der Waals surface area contributed by atoms with Gasteiger partial charge in [-0.05, 0) is 35.9 Å². The summed E-state index contributed by atoms with van der Waals surface area (Å²) >= 11 is 0. The van der Waals surface area contributed by atoms with Crippen molar-refractivity contribution in [3.05, 3.63) is 90.6 Å². The predicted molar refractivity (Wildman–Crippen MR) is 110 cm³/mol. The van der Waals surface area contributed by atoms with Crippen molar-refractivity contribution in [1.82, 2.24) is 4.98 Å². The second-order valence-corrected chi connectivity index (χ2v) is 8.32. The molecule has 3 aromatic carbocycles. The number of benzene rings is 3. The van der Waals surface area contributed by atoms with Gasteiger partial charge in [-0.25, -0.2) is 13.2 Å². The van der Waals surface area contributed by atoms with E-state index in [1.54, 1.807) is 54.6 Å². The van der Waals surface area contributed by atoms with Gasteiger partial charge in [0.15, 0.2) is 0 Å². The van der Waals surface area contributed by atoms with Crippen molar-refractivity contribution >= 4 is 26.7 Å². The molecule has 1 heterocycles. The third-order valence-corrected chi connectivity index (χ3v) is 6.46. The topological polar surface area (TPSA) is 73.3 Å². The summed E-state index contributed by atoms with van der Waals surface area (Å²) in [6.45, 7) is 0. The maximum Gasteiger partial charge on any atom is 0.337 e. The Morgan fingerprint density at radius 3 is 2.21 bits per heavy atom. The van der Waals surface area contributed by atoms with Crippen molar-refractivity contribution in [2.24, 2.45) is 0 Å². The van der Waals surface area contributed by atoms with Crippen LogP contribution in [0, 0.1) is 0 Å². The quantitative estimate of drug-likeness (QED) is 0.469. The van der Waals surface area contributed by atoms with Crippen molar-refractivity contribution in [2.75, 3.05) is 7.11 Å². The lowest BCUT2D eigenvalue weighted by atomic mass is 10.00. The van der Waals surface area contributed by atoms with Crippen LogP contribution >= 0.6 is 0 Å². The summed E-state index contributed by atoms with van der Waals surface area (Å²) in [7, 11) is -2.48. The highest BCUT2D eigenvalue weighted by atomic mass is 32.2. The van der Waals surface area contributed by atoms with E-state index in [4.69, 9.17) is 4.74 Å². The first kappa shape index (κ1) is 18.8. The number of esters is 1. The molecule has 0 unspecified atom stereocenters. The number of para-hydroxylation sites is 1. The second kappa shape index (κ2) is 7.48. The minimum Gasteiger partial charge on any atom is -0.465 e. The molecular weight excluding hydrogens is 386 g/mol. The molecule has 1 aromatic heterocycles. The third kappa shape index (κ3) is 3.39. The molecule has 6 heteroatoms. The third-order valence-electron chi connectivity index (χ3n) is 4.68.